The number of thiazole rings is 1. The molecule has 2 aromatic carbocycles. The first kappa shape index (κ1) is 15.9. The molecule has 1 heterocycles. The van der Waals surface area contributed by atoms with Crippen molar-refractivity contribution in [3.05, 3.63) is 77.4 Å². The van der Waals surface area contributed by atoms with Crippen LogP contribution in [0.5, 0.6) is 0 Å². The highest BCUT2D eigenvalue weighted by atomic mass is 32.1. The third kappa shape index (κ3) is 4.73. The van der Waals surface area contributed by atoms with Crippen molar-refractivity contribution in [1.82, 2.24) is 10.3 Å². The van der Waals surface area contributed by atoms with Crippen molar-refractivity contribution in [2.45, 2.75) is 19.1 Å². The van der Waals surface area contributed by atoms with Crippen molar-refractivity contribution in [2.24, 2.45) is 0 Å². The summed E-state index contributed by atoms with van der Waals surface area (Å²) in [5.74, 6) is 0. The molecule has 0 spiro atoms. The normalized spacial score (nSPS) is 12.2. The average molecular weight is 324 g/mol. The molecular weight excluding hydrogens is 304 g/mol. The Balaban J connectivity index is 1.47. The summed E-state index contributed by atoms with van der Waals surface area (Å²) in [4.78, 5) is 5.62. The summed E-state index contributed by atoms with van der Waals surface area (Å²) < 4.78 is 0. The third-order valence-electron chi connectivity index (χ3n) is 3.58. The summed E-state index contributed by atoms with van der Waals surface area (Å²) >= 11 is 1.69. The number of rotatable bonds is 7. The molecule has 3 rings (SSSR count). The Morgan fingerprint density at radius 3 is 2.43 bits per heavy atom. The van der Waals surface area contributed by atoms with Crippen LogP contribution in [-0.2, 0) is 13.0 Å². The molecule has 118 valence electrons. The molecule has 2 N–H and O–H groups in total. The summed E-state index contributed by atoms with van der Waals surface area (Å²) in [6.07, 6.45) is 2.20. The Morgan fingerprint density at radius 2 is 1.70 bits per heavy atom. The predicted molar refractivity (Wildman–Crippen MR) is 95.4 cm³/mol. The van der Waals surface area contributed by atoms with Gasteiger partial charge in [0, 0.05) is 19.3 Å². The Bertz CT molecular complexity index is 713. The summed E-state index contributed by atoms with van der Waals surface area (Å²) in [5.41, 5.74) is 2.35. The quantitative estimate of drug-likeness (QED) is 0.699. The molecule has 1 unspecified atom stereocenters. The molecule has 0 aliphatic heterocycles. The van der Waals surface area contributed by atoms with Crippen molar-refractivity contribution in [3.63, 3.8) is 0 Å². The standard InChI is InChI=1S/C19H20N2OS/c22-17(11-15-7-3-1-4-8-15)12-20-14-19-21-13-18(23-19)16-9-5-2-6-10-16/h1-10,13,17,20,22H,11-12,14H2. The van der Waals surface area contributed by atoms with Gasteiger partial charge in [-0.15, -0.1) is 11.3 Å². The van der Waals surface area contributed by atoms with Crippen LogP contribution in [0.3, 0.4) is 0 Å². The van der Waals surface area contributed by atoms with Crippen LogP contribution in [0.15, 0.2) is 66.9 Å². The molecule has 23 heavy (non-hydrogen) atoms. The zero-order valence-corrected chi connectivity index (χ0v) is 13.7. The Kier molecular flexibility index (Phi) is 5.53. The van der Waals surface area contributed by atoms with Crippen LogP contribution in [-0.4, -0.2) is 22.7 Å². The van der Waals surface area contributed by atoms with Crippen LogP contribution in [0.25, 0.3) is 10.4 Å². The van der Waals surface area contributed by atoms with E-state index >= 15 is 0 Å². The highest BCUT2D eigenvalue weighted by Crippen LogP contribution is 2.25. The molecule has 0 radical (unpaired) electrons. The maximum atomic E-state index is 10.1. The number of aliphatic hydroxyl groups is 1. The van der Waals surface area contributed by atoms with Crippen LogP contribution >= 0.6 is 11.3 Å². The summed E-state index contributed by atoms with van der Waals surface area (Å²) in [7, 11) is 0. The van der Waals surface area contributed by atoms with E-state index < -0.39 is 0 Å². The fourth-order valence-corrected chi connectivity index (χ4v) is 3.32. The van der Waals surface area contributed by atoms with Crippen molar-refractivity contribution in [2.75, 3.05) is 6.54 Å². The molecule has 4 heteroatoms. The number of benzene rings is 2. The fraction of sp³-hybridized carbons (Fsp3) is 0.211. The van der Waals surface area contributed by atoms with E-state index in [-0.39, 0.29) is 6.10 Å². The van der Waals surface area contributed by atoms with Gasteiger partial charge in [0.2, 0.25) is 0 Å². The van der Waals surface area contributed by atoms with Crippen LogP contribution in [0, 0.1) is 0 Å². The lowest BCUT2D eigenvalue weighted by molar-refractivity contribution is 0.171. The number of nitrogens with one attached hydrogen (secondary N) is 1. The molecule has 0 amide bonds. The first-order valence-electron chi connectivity index (χ1n) is 7.74. The molecule has 3 nitrogen and oxygen atoms in total. The minimum absolute atomic E-state index is 0.383. The minimum atomic E-state index is -0.383. The van der Waals surface area contributed by atoms with E-state index in [1.165, 1.54) is 10.4 Å². The van der Waals surface area contributed by atoms with Crippen LogP contribution in [0.4, 0.5) is 0 Å². The molecule has 3 aromatic rings. The van der Waals surface area contributed by atoms with E-state index in [0.29, 0.717) is 19.5 Å². The number of aliphatic hydroxyl groups excluding tert-OH is 1. The highest BCUT2D eigenvalue weighted by molar-refractivity contribution is 7.15. The molecule has 1 aromatic heterocycles. The molecule has 1 atom stereocenters. The van der Waals surface area contributed by atoms with Gasteiger partial charge in [-0.3, -0.25) is 0 Å². The Morgan fingerprint density at radius 1 is 1.00 bits per heavy atom. The second kappa shape index (κ2) is 8.02. The number of hydrogen-bond acceptors (Lipinski definition) is 4. The fourth-order valence-electron chi connectivity index (χ4n) is 2.43. The van der Waals surface area contributed by atoms with Gasteiger partial charge >= 0.3 is 0 Å². The molecule has 0 bridgehead atoms. The molecule has 0 aliphatic carbocycles. The first-order chi connectivity index (χ1) is 11.3. The van der Waals surface area contributed by atoms with E-state index in [9.17, 15) is 5.11 Å². The number of hydrogen-bond donors (Lipinski definition) is 2. The monoisotopic (exact) mass is 324 g/mol. The van der Waals surface area contributed by atoms with Crippen molar-refractivity contribution in [3.8, 4) is 10.4 Å². The van der Waals surface area contributed by atoms with Crippen molar-refractivity contribution < 1.29 is 5.11 Å². The van der Waals surface area contributed by atoms with Crippen LogP contribution < -0.4 is 5.32 Å². The van der Waals surface area contributed by atoms with Gasteiger partial charge in [0.1, 0.15) is 5.01 Å². The lowest BCUT2D eigenvalue weighted by Gasteiger charge is -2.11. The topological polar surface area (TPSA) is 45.1 Å². The second-order valence-corrected chi connectivity index (χ2v) is 6.57. The Hall–Kier alpha value is -2.01. The SMILES string of the molecule is OC(CNCc1ncc(-c2ccccc2)s1)Cc1ccccc1. The maximum absolute atomic E-state index is 10.1. The van der Waals surface area contributed by atoms with Gasteiger partial charge in [-0.05, 0) is 17.5 Å². The first-order valence-corrected chi connectivity index (χ1v) is 8.56. The van der Waals surface area contributed by atoms with Crippen LogP contribution in [0.2, 0.25) is 0 Å². The van der Waals surface area contributed by atoms with Crippen molar-refractivity contribution in [1.29, 1.82) is 0 Å². The summed E-state index contributed by atoms with van der Waals surface area (Å²) in [5, 5.41) is 14.4. The lowest BCUT2D eigenvalue weighted by atomic mass is 10.1. The molecule has 0 aliphatic rings. The zero-order valence-electron chi connectivity index (χ0n) is 12.9. The summed E-state index contributed by atoms with van der Waals surface area (Å²) in [6.45, 7) is 1.25. The zero-order chi connectivity index (χ0) is 15.9. The predicted octanol–water partition coefficient (Wildman–Crippen LogP) is 3.50. The molecule has 0 saturated heterocycles. The molecular formula is C19H20N2OS. The maximum Gasteiger partial charge on any atom is 0.107 e. The van der Waals surface area contributed by atoms with Gasteiger partial charge in [-0.1, -0.05) is 60.7 Å². The van der Waals surface area contributed by atoms with Gasteiger partial charge in [0.05, 0.1) is 11.0 Å². The van der Waals surface area contributed by atoms with E-state index in [1.807, 2.05) is 54.7 Å². The summed E-state index contributed by atoms with van der Waals surface area (Å²) in [6, 6.07) is 20.3. The number of nitrogens with zero attached hydrogens (tertiary/aromatic N) is 1. The van der Waals surface area contributed by atoms with E-state index in [2.05, 4.69) is 22.4 Å². The van der Waals surface area contributed by atoms with Crippen molar-refractivity contribution >= 4 is 11.3 Å². The molecule has 0 fully saturated rings. The average Bonchev–Trinajstić information content (AvgIpc) is 3.05. The lowest BCUT2D eigenvalue weighted by Crippen LogP contribution is -2.27. The van der Waals surface area contributed by atoms with Gasteiger partial charge in [0.25, 0.3) is 0 Å². The van der Waals surface area contributed by atoms with Gasteiger partial charge in [-0.2, -0.15) is 0 Å². The highest BCUT2D eigenvalue weighted by Gasteiger charge is 2.07. The van der Waals surface area contributed by atoms with Gasteiger partial charge in [0.15, 0.2) is 0 Å². The van der Waals surface area contributed by atoms with E-state index in [1.54, 1.807) is 11.3 Å². The van der Waals surface area contributed by atoms with E-state index in [4.69, 9.17) is 0 Å². The smallest absolute Gasteiger partial charge is 0.107 e. The largest absolute Gasteiger partial charge is 0.391 e. The number of aromatic nitrogens is 1. The molecule has 0 saturated carbocycles. The Labute approximate surface area is 140 Å². The van der Waals surface area contributed by atoms with Gasteiger partial charge in [-0.25, -0.2) is 4.98 Å². The minimum Gasteiger partial charge on any atom is -0.391 e. The third-order valence-corrected chi connectivity index (χ3v) is 4.63. The second-order valence-electron chi connectivity index (χ2n) is 5.46. The van der Waals surface area contributed by atoms with Gasteiger partial charge < -0.3 is 10.4 Å². The van der Waals surface area contributed by atoms with E-state index in [0.717, 1.165) is 10.6 Å². The van der Waals surface area contributed by atoms with Crippen LogP contribution in [0.1, 0.15) is 10.6 Å².